The Morgan fingerprint density at radius 1 is 1.00 bits per heavy atom. The monoisotopic (exact) mass is 411 g/mol. The van der Waals surface area contributed by atoms with Crippen molar-refractivity contribution in [2.24, 2.45) is 11.8 Å². The maximum absolute atomic E-state index is 7.28. The van der Waals surface area contributed by atoms with E-state index in [9.17, 15) is 0 Å². The first-order chi connectivity index (χ1) is 15.3. The minimum Gasteiger partial charge on any atom is -0.494 e. The van der Waals surface area contributed by atoms with Crippen LogP contribution in [0.3, 0.4) is 0 Å². The number of methoxy groups -OCH3 is 1. The molecule has 0 amide bonds. The zero-order valence-electron chi connectivity index (χ0n) is 18.2. The first-order valence-corrected chi connectivity index (χ1v) is 11.5. The highest BCUT2D eigenvalue weighted by Crippen LogP contribution is 2.41. The summed E-state index contributed by atoms with van der Waals surface area (Å²) in [6.07, 6.45) is 10.5. The number of nitrogens with zero attached hydrogens (tertiary/aromatic N) is 3. The summed E-state index contributed by atoms with van der Waals surface area (Å²) in [5, 5.41) is 5.11. The highest BCUT2D eigenvalue weighted by molar-refractivity contribution is 5.71. The lowest BCUT2D eigenvalue weighted by atomic mass is 9.82. The highest BCUT2D eigenvalue weighted by atomic mass is 16.5. The molecule has 2 aliphatic carbocycles. The molecule has 1 heterocycles. The summed E-state index contributed by atoms with van der Waals surface area (Å²) in [4.78, 5) is 3.56. The number of fused-ring (bicyclic) bond motifs is 1. The van der Waals surface area contributed by atoms with Crippen LogP contribution in [0.25, 0.3) is 21.8 Å². The van der Waals surface area contributed by atoms with Gasteiger partial charge in [0.2, 0.25) is 0 Å². The van der Waals surface area contributed by atoms with Crippen LogP contribution in [0.2, 0.25) is 0 Å². The van der Waals surface area contributed by atoms with E-state index in [0.29, 0.717) is 11.6 Å². The summed E-state index contributed by atoms with van der Waals surface area (Å²) in [6, 6.07) is 16.0. The van der Waals surface area contributed by atoms with Gasteiger partial charge in [-0.05, 0) is 48.8 Å². The van der Waals surface area contributed by atoms with Crippen molar-refractivity contribution in [2.45, 2.75) is 51.4 Å². The Hall–Kier alpha value is -3.06. The third kappa shape index (κ3) is 3.85. The molecule has 1 saturated carbocycles. The molecule has 0 aliphatic heterocycles. The molecular formula is C27H29N3O. The van der Waals surface area contributed by atoms with Gasteiger partial charge >= 0.3 is 0 Å². The van der Waals surface area contributed by atoms with Crippen molar-refractivity contribution >= 4 is 5.69 Å². The SMILES string of the molecule is [C-]#[N+]c1ccc(-c2c3c(nn2-c2ccccc2OC)CC(CC2CCCCC2)C3)cc1. The molecule has 1 aromatic heterocycles. The van der Waals surface area contributed by atoms with E-state index in [4.69, 9.17) is 16.4 Å². The lowest BCUT2D eigenvalue weighted by molar-refractivity contribution is 0.290. The molecule has 0 spiro atoms. The normalized spacial score (nSPS) is 18.5. The molecule has 1 atom stereocenters. The van der Waals surface area contributed by atoms with Crippen molar-refractivity contribution in [1.29, 1.82) is 0 Å². The van der Waals surface area contributed by atoms with E-state index in [0.717, 1.165) is 41.5 Å². The lowest BCUT2D eigenvalue weighted by Gasteiger charge is -2.24. The minimum absolute atomic E-state index is 0.666. The number of ether oxygens (including phenoxy) is 1. The molecule has 4 heteroatoms. The van der Waals surface area contributed by atoms with E-state index in [2.05, 4.69) is 27.7 Å². The van der Waals surface area contributed by atoms with Crippen molar-refractivity contribution in [3.8, 4) is 22.7 Å². The maximum Gasteiger partial charge on any atom is 0.187 e. The summed E-state index contributed by atoms with van der Waals surface area (Å²) in [6.45, 7) is 7.28. The van der Waals surface area contributed by atoms with Gasteiger partial charge < -0.3 is 4.74 Å². The minimum atomic E-state index is 0.666. The van der Waals surface area contributed by atoms with Crippen molar-refractivity contribution in [3.63, 3.8) is 0 Å². The topological polar surface area (TPSA) is 31.4 Å². The molecule has 2 aliphatic rings. The Morgan fingerprint density at radius 2 is 1.77 bits per heavy atom. The van der Waals surface area contributed by atoms with Gasteiger partial charge in [-0.3, -0.25) is 0 Å². The van der Waals surface area contributed by atoms with Crippen LogP contribution in [-0.4, -0.2) is 16.9 Å². The lowest BCUT2D eigenvalue weighted by Crippen LogP contribution is -2.13. The predicted molar refractivity (Wildman–Crippen MR) is 124 cm³/mol. The number of hydrogen-bond acceptors (Lipinski definition) is 2. The van der Waals surface area contributed by atoms with Gasteiger partial charge in [0.15, 0.2) is 5.69 Å². The Balaban J connectivity index is 1.53. The fourth-order valence-corrected chi connectivity index (χ4v) is 5.54. The van der Waals surface area contributed by atoms with Gasteiger partial charge in [-0.15, -0.1) is 0 Å². The van der Waals surface area contributed by atoms with Gasteiger partial charge in [-0.2, -0.15) is 5.10 Å². The Labute approximate surface area is 184 Å². The molecule has 0 N–H and O–H groups in total. The van der Waals surface area contributed by atoms with Crippen LogP contribution in [-0.2, 0) is 12.8 Å². The van der Waals surface area contributed by atoms with E-state index in [1.54, 1.807) is 7.11 Å². The molecular weight excluding hydrogens is 382 g/mol. The molecule has 2 aromatic carbocycles. The molecule has 1 fully saturated rings. The summed E-state index contributed by atoms with van der Waals surface area (Å²) < 4.78 is 7.71. The van der Waals surface area contributed by atoms with Gasteiger partial charge in [-0.25, -0.2) is 9.53 Å². The molecule has 0 radical (unpaired) electrons. The zero-order chi connectivity index (χ0) is 21.2. The predicted octanol–water partition coefficient (Wildman–Crippen LogP) is 6.78. The van der Waals surface area contributed by atoms with Crippen molar-refractivity contribution in [2.75, 3.05) is 7.11 Å². The second-order valence-electron chi connectivity index (χ2n) is 9.03. The van der Waals surface area contributed by atoms with Crippen LogP contribution in [0.4, 0.5) is 5.69 Å². The van der Waals surface area contributed by atoms with E-state index in [1.807, 2.05) is 30.3 Å². The van der Waals surface area contributed by atoms with Crippen molar-refractivity contribution < 1.29 is 4.74 Å². The largest absolute Gasteiger partial charge is 0.494 e. The fraction of sp³-hybridized carbons (Fsp3) is 0.407. The maximum atomic E-state index is 7.28. The van der Waals surface area contributed by atoms with Crippen LogP contribution < -0.4 is 4.74 Å². The van der Waals surface area contributed by atoms with E-state index in [1.165, 1.54) is 49.8 Å². The Morgan fingerprint density at radius 3 is 2.52 bits per heavy atom. The smallest absolute Gasteiger partial charge is 0.187 e. The molecule has 31 heavy (non-hydrogen) atoms. The second kappa shape index (κ2) is 8.59. The number of para-hydroxylation sites is 2. The van der Waals surface area contributed by atoms with Gasteiger partial charge in [0.25, 0.3) is 0 Å². The first kappa shape index (κ1) is 19.9. The number of benzene rings is 2. The quantitative estimate of drug-likeness (QED) is 0.433. The summed E-state index contributed by atoms with van der Waals surface area (Å²) in [7, 11) is 1.71. The van der Waals surface area contributed by atoms with Crippen molar-refractivity contribution in [1.82, 2.24) is 9.78 Å². The van der Waals surface area contributed by atoms with Crippen molar-refractivity contribution in [3.05, 3.63) is 71.2 Å². The number of aromatic nitrogens is 2. The number of rotatable bonds is 5. The van der Waals surface area contributed by atoms with Crippen LogP contribution in [0.15, 0.2) is 48.5 Å². The van der Waals surface area contributed by atoms with Crippen LogP contribution in [0.1, 0.15) is 49.8 Å². The molecule has 4 nitrogen and oxygen atoms in total. The molecule has 1 unspecified atom stereocenters. The van der Waals surface area contributed by atoms with E-state index in [-0.39, 0.29) is 0 Å². The van der Waals surface area contributed by atoms with Crippen LogP contribution >= 0.6 is 0 Å². The summed E-state index contributed by atoms with van der Waals surface area (Å²) >= 11 is 0. The van der Waals surface area contributed by atoms with Crippen LogP contribution in [0, 0.1) is 18.4 Å². The van der Waals surface area contributed by atoms with Gasteiger partial charge in [-0.1, -0.05) is 68.5 Å². The average Bonchev–Trinajstić information content (AvgIpc) is 3.37. The highest BCUT2D eigenvalue weighted by Gasteiger charge is 2.32. The second-order valence-corrected chi connectivity index (χ2v) is 9.03. The summed E-state index contributed by atoms with van der Waals surface area (Å²) in [5.41, 5.74) is 6.51. The van der Waals surface area contributed by atoms with E-state index >= 15 is 0 Å². The number of hydrogen-bond donors (Lipinski definition) is 0. The van der Waals surface area contributed by atoms with E-state index < -0.39 is 0 Å². The Bertz CT molecular complexity index is 1100. The Kier molecular flexibility index (Phi) is 5.51. The molecule has 0 saturated heterocycles. The average molecular weight is 412 g/mol. The van der Waals surface area contributed by atoms with Gasteiger partial charge in [0.1, 0.15) is 11.4 Å². The first-order valence-electron chi connectivity index (χ1n) is 11.5. The standard InChI is InChI=1S/C27H29N3O/c1-28-22-14-12-21(13-15-22)27-23-17-20(16-19-8-4-3-5-9-19)18-24(23)29-30(27)25-10-6-7-11-26(25)31-2/h6-7,10-15,19-20H,3-5,8-9,16-18H2,2H3. The van der Waals surface area contributed by atoms with Crippen LogP contribution in [0.5, 0.6) is 5.75 Å². The molecule has 158 valence electrons. The molecule has 3 aromatic rings. The zero-order valence-corrected chi connectivity index (χ0v) is 18.2. The third-order valence-corrected chi connectivity index (χ3v) is 7.02. The van der Waals surface area contributed by atoms with Gasteiger partial charge in [0.05, 0.1) is 25.1 Å². The molecule has 0 bridgehead atoms. The molecule has 5 rings (SSSR count). The fourth-order valence-electron chi connectivity index (χ4n) is 5.54. The van der Waals surface area contributed by atoms with Gasteiger partial charge in [0, 0.05) is 5.56 Å². The summed E-state index contributed by atoms with van der Waals surface area (Å²) in [5.74, 6) is 2.42. The third-order valence-electron chi connectivity index (χ3n) is 7.02.